The molecular formula is C15H21N3. The number of nitrogens with zero attached hydrogens (tertiary/aromatic N) is 2. The standard InChI is InChI=1S/C15H21N3/c1-12-10-18(13-8-6-5-7-9-13)14(17-12)16-11-15(2,3)4/h5-10H,11H2,1-4H3,(H,16,17). The summed E-state index contributed by atoms with van der Waals surface area (Å²) >= 11 is 0. The average molecular weight is 243 g/mol. The van der Waals surface area contributed by atoms with Crippen LogP contribution < -0.4 is 5.32 Å². The van der Waals surface area contributed by atoms with Gasteiger partial charge in [-0.15, -0.1) is 0 Å². The zero-order valence-electron chi connectivity index (χ0n) is 11.6. The highest BCUT2D eigenvalue weighted by atomic mass is 15.2. The number of anilines is 1. The third-order valence-electron chi connectivity index (χ3n) is 2.64. The number of rotatable bonds is 3. The van der Waals surface area contributed by atoms with E-state index in [2.05, 4.69) is 54.0 Å². The van der Waals surface area contributed by atoms with E-state index in [1.165, 1.54) is 0 Å². The van der Waals surface area contributed by atoms with E-state index in [9.17, 15) is 0 Å². The lowest BCUT2D eigenvalue weighted by atomic mass is 9.97. The Morgan fingerprint density at radius 2 is 1.83 bits per heavy atom. The van der Waals surface area contributed by atoms with Crippen molar-refractivity contribution >= 4 is 5.95 Å². The second-order valence-corrected chi connectivity index (χ2v) is 5.83. The van der Waals surface area contributed by atoms with Gasteiger partial charge in [0.05, 0.1) is 5.69 Å². The molecule has 2 rings (SSSR count). The Balaban J connectivity index is 2.26. The van der Waals surface area contributed by atoms with Crippen LogP contribution in [-0.2, 0) is 0 Å². The Morgan fingerprint density at radius 1 is 1.17 bits per heavy atom. The summed E-state index contributed by atoms with van der Waals surface area (Å²) in [6, 6.07) is 10.3. The van der Waals surface area contributed by atoms with Crippen molar-refractivity contribution < 1.29 is 0 Å². The van der Waals surface area contributed by atoms with Gasteiger partial charge in [0.15, 0.2) is 0 Å². The molecule has 0 bridgehead atoms. The van der Waals surface area contributed by atoms with Gasteiger partial charge in [0.1, 0.15) is 0 Å². The zero-order chi connectivity index (χ0) is 13.2. The van der Waals surface area contributed by atoms with Crippen LogP contribution in [0.15, 0.2) is 36.5 Å². The molecule has 0 fully saturated rings. The Morgan fingerprint density at radius 3 is 2.44 bits per heavy atom. The Hall–Kier alpha value is -1.77. The van der Waals surface area contributed by atoms with Crippen molar-refractivity contribution in [3.8, 4) is 5.69 Å². The molecule has 2 aromatic rings. The maximum Gasteiger partial charge on any atom is 0.207 e. The normalized spacial score (nSPS) is 11.6. The van der Waals surface area contributed by atoms with Crippen molar-refractivity contribution in [2.24, 2.45) is 5.41 Å². The minimum absolute atomic E-state index is 0.237. The Kier molecular flexibility index (Phi) is 3.41. The van der Waals surface area contributed by atoms with Crippen LogP contribution in [0.2, 0.25) is 0 Å². The summed E-state index contributed by atoms with van der Waals surface area (Å²) in [6.07, 6.45) is 2.06. The molecule has 3 nitrogen and oxygen atoms in total. The summed E-state index contributed by atoms with van der Waals surface area (Å²) in [4.78, 5) is 4.54. The first-order valence-electron chi connectivity index (χ1n) is 6.31. The first-order valence-corrected chi connectivity index (χ1v) is 6.31. The molecule has 0 spiro atoms. The third kappa shape index (κ3) is 3.13. The van der Waals surface area contributed by atoms with Gasteiger partial charge < -0.3 is 5.32 Å². The molecular weight excluding hydrogens is 222 g/mol. The fourth-order valence-corrected chi connectivity index (χ4v) is 1.75. The maximum absolute atomic E-state index is 4.54. The van der Waals surface area contributed by atoms with Crippen LogP contribution >= 0.6 is 0 Å². The molecule has 18 heavy (non-hydrogen) atoms. The highest BCUT2D eigenvalue weighted by molar-refractivity contribution is 5.43. The van der Waals surface area contributed by atoms with Crippen LogP contribution in [0.4, 0.5) is 5.95 Å². The van der Waals surface area contributed by atoms with E-state index in [0.29, 0.717) is 0 Å². The Bertz CT molecular complexity index is 506. The molecule has 0 radical (unpaired) electrons. The molecule has 0 atom stereocenters. The molecule has 0 unspecified atom stereocenters. The molecule has 96 valence electrons. The number of aryl methyl sites for hydroxylation is 1. The number of para-hydroxylation sites is 1. The van der Waals surface area contributed by atoms with Gasteiger partial charge in [0.2, 0.25) is 5.95 Å². The lowest BCUT2D eigenvalue weighted by Gasteiger charge is -2.19. The number of benzene rings is 1. The lowest BCUT2D eigenvalue weighted by Crippen LogP contribution is -2.20. The maximum atomic E-state index is 4.54. The number of imidazole rings is 1. The van der Waals surface area contributed by atoms with Crippen LogP contribution in [0, 0.1) is 12.3 Å². The molecule has 3 heteroatoms. The number of hydrogen-bond acceptors (Lipinski definition) is 2. The van der Waals surface area contributed by atoms with Crippen LogP contribution in [-0.4, -0.2) is 16.1 Å². The zero-order valence-corrected chi connectivity index (χ0v) is 11.6. The first kappa shape index (κ1) is 12.7. The summed E-state index contributed by atoms with van der Waals surface area (Å²) in [7, 11) is 0. The highest BCUT2D eigenvalue weighted by Gasteiger charge is 2.13. The second-order valence-electron chi connectivity index (χ2n) is 5.83. The molecule has 0 aliphatic carbocycles. The number of nitrogens with one attached hydrogen (secondary N) is 1. The minimum Gasteiger partial charge on any atom is -0.355 e. The van der Waals surface area contributed by atoms with E-state index >= 15 is 0 Å². The minimum atomic E-state index is 0.237. The summed E-state index contributed by atoms with van der Waals surface area (Å²) in [5.41, 5.74) is 2.39. The Labute approximate surface area is 109 Å². The fraction of sp³-hybridized carbons (Fsp3) is 0.400. The van der Waals surface area contributed by atoms with Gasteiger partial charge in [-0.05, 0) is 24.5 Å². The van der Waals surface area contributed by atoms with Crippen molar-refractivity contribution in [3.05, 3.63) is 42.2 Å². The molecule has 0 saturated carbocycles. The molecule has 0 aliphatic rings. The van der Waals surface area contributed by atoms with E-state index in [1.807, 2.05) is 25.1 Å². The van der Waals surface area contributed by atoms with Crippen molar-refractivity contribution in [3.63, 3.8) is 0 Å². The number of hydrogen-bond donors (Lipinski definition) is 1. The third-order valence-corrected chi connectivity index (χ3v) is 2.64. The van der Waals surface area contributed by atoms with Gasteiger partial charge in [-0.25, -0.2) is 4.98 Å². The lowest BCUT2D eigenvalue weighted by molar-refractivity contribution is 0.441. The van der Waals surface area contributed by atoms with Crippen molar-refractivity contribution in [1.82, 2.24) is 9.55 Å². The monoisotopic (exact) mass is 243 g/mol. The van der Waals surface area contributed by atoms with E-state index in [4.69, 9.17) is 0 Å². The summed E-state index contributed by atoms with van der Waals surface area (Å²) in [5, 5.41) is 3.42. The summed E-state index contributed by atoms with van der Waals surface area (Å²) in [6.45, 7) is 9.55. The first-order chi connectivity index (χ1) is 8.46. The van der Waals surface area contributed by atoms with Crippen LogP contribution in [0.25, 0.3) is 5.69 Å². The molecule has 1 aromatic carbocycles. The topological polar surface area (TPSA) is 29.9 Å². The second kappa shape index (κ2) is 4.84. The number of aromatic nitrogens is 2. The molecule has 0 aliphatic heterocycles. The SMILES string of the molecule is Cc1cn(-c2ccccc2)c(NCC(C)(C)C)n1. The van der Waals surface area contributed by atoms with Crippen LogP contribution in [0.5, 0.6) is 0 Å². The van der Waals surface area contributed by atoms with Gasteiger partial charge >= 0.3 is 0 Å². The van der Waals surface area contributed by atoms with Gasteiger partial charge in [-0.2, -0.15) is 0 Å². The predicted octanol–water partition coefficient (Wildman–Crippen LogP) is 3.64. The average Bonchev–Trinajstić information content (AvgIpc) is 2.68. The highest BCUT2D eigenvalue weighted by Crippen LogP contribution is 2.19. The molecule has 0 amide bonds. The van der Waals surface area contributed by atoms with Crippen molar-refractivity contribution in [1.29, 1.82) is 0 Å². The largest absolute Gasteiger partial charge is 0.355 e. The van der Waals surface area contributed by atoms with Gasteiger partial charge in [-0.3, -0.25) is 4.57 Å². The quantitative estimate of drug-likeness (QED) is 0.892. The van der Waals surface area contributed by atoms with Gasteiger partial charge in [0, 0.05) is 18.4 Å². The molecule has 1 N–H and O–H groups in total. The van der Waals surface area contributed by atoms with Crippen molar-refractivity contribution in [2.45, 2.75) is 27.7 Å². The van der Waals surface area contributed by atoms with Gasteiger partial charge in [-0.1, -0.05) is 39.0 Å². The predicted molar refractivity (Wildman–Crippen MR) is 76.2 cm³/mol. The molecule has 1 heterocycles. The summed E-state index contributed by atoms with van der Waals surface area (Å²) in [5.74, 6) is 0.911. The van der Waals surface area contributed by atoms with E-state index in [0.717, 1.165) is 23.9 Å². The fourth-order valence-electron chi connectivity index (χ4n) is 1.75. The van der Waals surface area contributed by atoms with Crippen LogP contribution in [0.1, 0.15) is 26.5 Å². The van der Waals surface area contributed by atoms with E-state index in [1.54, 1.807) is 0 Å². The van der Waals surface area contributed by atoms with E-state index in [-0.39, 0.29) is 5.41 Å². The summed E-state index contributed by atoms with van der Waals surface area (Å²) < 4.78 is 2.10. The molecule has 1 aromatic heterocycles. The van der Waals surface area contributed by atoms with Gasteiger partial charge in [0.25, 0.3) is 0 Å². The molecule has 0 saturated heterocycles. The smallest absolute Gasteiger partial charge is 0.207 e. The van der Waals surface area contributed by atoms with E-state index < -0.39 is 0 Å². The van der Waals surface area contributed by atoms with Crippen LogP contribution in [0.3, 0.4) is 0 Å². The van der Waals surface area contributed by atoms with Crippen molar-refractivity contribution in [2.75, 3.05) is 11.9 Å².